The first kappa shape index (κ1) is 12.6. The predicted molar refractivity (Wildman–Crippen MR) is 71.0 cm³/mol. The number of aromatic nitrogens is 2. The second kappa shape index (κ2) is 5.67. The normalized spacial score (nSPS) is 20.2. The summed E-state index contributed by atoms with van der Waals surface area (Å²) < 4.78 is 2.02. The van der Waals surface area contributed by atoms with Gasteiger partial charge in [-0.25, -0.2) is 0 Å². The molecule has 17 heavy (non-hydrogen) atoms. The molecule has 1 aromatic rings. The molecule has 0 spiro atoms. The highest BCUT2D eigenvalue weighted by Gasteiger charge is 2.20. The van der Waals surface area contributed by atoms with Crippen LogP contribution in [0, 0.1) is 0 Å². The van der Waals surface area contributed by atoms with Crippen LogP contribution in [0.2, 0.25) is 0 Å². The highest BCUT2D eigenvalue weighted by atomic mass is 15.3. The predicted octanol–water partition coefficient (Wildman–Crippen LogP) is 2.75. The SMILES string of the molecule is CC(N)Cc1c(C2CCCCCC2)cnn1C. The van der Waals surface area contributed by atoms with Gasteiger partial charge in [-0.15, -0.1) is 0 Å². The van der Waals surface area contributed by atoms with Gasteiger partial charge < -0.3 is 5.73 Å². The average molecular weight is 235 g/mol. The van der Waals surface area contributed by atoms with E-state index in [1.54, 1.807) is 0 Å². The lowest BCUT2D eigenvalue weighted by Crippen LogP contribution is -2.21. The van der Waals surface area contributed by atoms with E-state index in [-0.39, 0.29) is 6.04 Å². The van der Waals surface area contributed by atoms with Gasteiger partial charge in [-0.1, -0.05) is 25.7 Å². The van der Waals surface area contributed by atoms with Crippen molar-refractivity contribution in [2.24, 2.45) is 12.8 Å². The van der Waals surface area contributed by atoms with Gasteiger partial charge in [0.25, 0.3) is 0 Å². The summed E-state index contributed by atoms with van der Waals surface area (Å²) in [5, 5.41) is 4.44. The van der Waals surface area contributed by atoms with Crippen molar-refractivity contribution in [1.29, 1.82) is 0 Å². The lowest BCUT2D eigenvalue weighted by molar-refractivity contribution is 0.574. The van der Waals surface area contributed by atoms with E-state index >= 15 is 0 Å². The molecule has 96 valence electrons. The highest BCUT2D eigenvalue weighted by Crippen LogP contribution is 2.33. The zero-order valence-corrected chi connectivity index (χ0v) is 11.2. The molecular weight excluding hydrogens is 210 g/mol. The van der Waals surface area contributed by atoms with Gasteiger partial charge in [-0.3, -0.25) is 4.68 Å². The summed E-state index contributed by atoms with van der Waals surface area (Å²) in [7, 11) is 2.04. The van der Waals surface area contributed by atoms with Gasteiger partial charge in [0.15, 0.2) is 0 Å². The Morgan fingerprint density at radius 3 is 2.59 bits per heavy atom. The molecule has 0 saturated heterocycles. The molecule has 3 heteroatoms. The molecule has 0 amide bonds. The van der Waals surface area contributed by atoms with Crippen molar-refractivity contribution >= 4 is 0 Å². The topological polar surface area (TPSA) is 43.8 Å². The maximum atomic E-state index is 5.94. The first-order chi connectivity index (χ1) is 8.18. The molecule has 1 saturated carbocycles. The smallest absolute Gasteiger partial charge is 0.0527 e. The summed E-state index contributed by atoms with van der Waals surface area (Å²) in [6.07, 6.45) is 11.2. The number of nitrogens with zero attached hydrogens (tertiary/aromatic N) is 2. The highest BCUT2D eigenvalue weighted by molar-refractivity contribution is 5.23. The van der Waals surface area contributed by atoms with Crippen LogP contribution in [-0.4, -0.2) is 15.8 Å². The summed E-state index contributed by atoms with van der Waals surface area (Å²) in [5.74, 6) is 0.722. The molecule has 1 atom stereocenters. The molecule has 1 aromatic heterocycles. The van der Waals surface area contributed by atoms with Gasteiger partial charge in [0, 0.05) is 25.2 Å². The molecule has 0 aromatic carbocycles. The van der Waals surface area contributed by atoms with E-state index in [1.807, 2.05) is 11.7 Å². The van der Waals surface area contributed by atoms with E-state index < -0.39 is 0 Å². The maximum Gasteiger partial charge on any atom is 0.0527 e. The zero-order valence-electron chi connectivity index (χ0n) is 11.2. The van der Waals surface area contributed by atoms with Crippen LogP contribution in [0.1, 0.15) is 62.6 Å². The fourth-order valence-corrected chi connectivity index (χ4v) is 2.97. The van der Waals surface area contributed by atoms with E-state index in [0.717, 1.165) is 12.3 Å². The van der Waals surface area contributed by atoms with Crippen LogP contribution >= 0.6 is 0 Å². The lowest BCUT2D eigenvalue weighted by atomic mass is 9.90. The minimum Gasteiger partial charge on any atom is -0.328 e. The first-order valence-corrected chi connectivity index (χ1v) is 6.95. The van der Waals surface area contributed by atoms with Crippen molar-refractivity contribution < 1.29 is 0 Å². The zero-order chi connectivity index (χ0) is 12.3. The molecule has 0 aliphatic heterocycles. The fourth-order valence-electron chi connectivity index (χ4n) is 2.97. The van der Waals surface area contributed by atoms with Crippen molar-refractivity contribution in [3.8, 4) is 0 Å². The molecule has 1 unspecified atom stereocenters. The van der Waals surface area contributed by atoms with Gasteiger partial charge in [-0.2, -0.15) is 5.10 Å². The summed E-state index contributed by atoms with van der Waals surface area (Å²) in [6.45, 7) is 2.07. The van der Waals surface area contributed by atoms with Gasteiger partial charge in [0.1, 0.15) is 0 Å². The van der Waals surface area contributed by atoms with Crippen LogP contribution in [0.25, 0.3) is 0 Å². The van der Waals surface area contributed by atoms with Gasteiger partial charge in [-0.05, 0) is 31.2 Å². The second-order valence-corrected chi connectivity index (χ2v) is 5.54. The van der Waals surface area contributed by atoms with Crippen LogP contribution in [0.4, 0.5) is 0 Å². The van der Waals surface area contributed by atoms with E-state index in [2.05, 4.69) is 18.2 Å². The number of aryl methyl sites for hydroxylation is 1. The molecule has 1 aliphatic rings. The third-order valence-corrected chi connectivity index (χ3v) is 3.90. The molecule has 1 heterocycles. The molecule has 1 fully saturated rings. The Morgan fingerprint density at radius 2 is 2.00 bits per heavy atom. The van der Waals surface area contributed by atoms with Crippen molar-refractivity contribution in [1.82, 2.24) is 9.78 Å². The van der Waals surface area contributed by atoms with Gasteiger partial charge in [0.05, 0.1) is 6.20 Å². The van der Waals surface area contributed by atoms with Crippen molar-refractivity contribution in [2.45, 2.75) is 63.8 Å². The van der Waals surface area contributed by atoms with E-state index in [9.17, 15) is 0 Å². The Morgan fingerprint density at radius 1 is 1.35 bits per heavy atom. The van der Waals surface area contributed by atoms with Crippen molar-refractivity contribution in [3.63, 3.8) is 0 Å². The molecule has 0 bridgehead atoms. The van der Waals surface area contributed by atoms with Crippen molar-refractivity contribution in [2.75, 3.05) is 0 Å². The molecule has 1 aliphatic carbocycles. The first-order valence-electron chi connectivity index (χ1n) is 6.95. The minimum atomic E-state index is 0.218. The standard InChI is InChI=1S/C14H25N3/c1-11(15)9-14-13(10-16-17(14)2)12-7-5-3-4-6-8-12/h10-12H,3-9,15H2,1-2H3. The minimum absolute atomic E-state index is 0.218. The van der Waals surface area contributed by atoms with Crippen LogP contribution in [0.3, 0.4) is 0 Å². The Hall–Kier alpha value is -0.830. The molecule has 3 nitrogen and oxygen atoms in total. The van der Waals surface area contributed by atoms with Crippen LogP contribution in [0.15, 0.2) is 6.20 Å². The van der Waals surface area contributed by atoms with Crippen LogP contribution < -0.4 is 5.73 Å². The molecule has 0 radical (unpaired) electrons. The Labute approximate surface area is 104 Å². The monoisotopic (exact) mass is 235 g/mol. The van der Waals surface area contributed by atoms with Crippen molar-refractivity contribution in [3.05, 3.63) is 17.5 Å². The summed E-state index contributed by atoms with van der Waals surface area (Å²) in [4.78, 5) is 0. The summed E-state index contributed by atoms with van der Waals surface area (Å²) >= 11 is 0. The third kappa shape index (κ3) is 3.09. The van der Waals surface area contributed by atoms with Gasteiger partial charge in [0.2, 0.25) is 0 Å². The summed E-state index contributed by atoms with van der Waals surface area (Å²) in [6, 6.07) is 0.218. The Balaban J connectivity index is 2.18. The number of nitrogens with two attached hydrogens (primary N) is 1. The Kier molecular flexibility index (Phi) is 4.21. The van der Waals surface area contributed by atoms with E-state index in [1.165, 1.54) is 49.8 Å². The lowest BCUT2D eigenvalue weighted by Gasteiger charge is -2.16. The maximum absolute atomic E-state index is 5.94. The Bertz CT molecular complexity index is 346. The van der Waals surface area contributed by atoms with E-state index in [4.69, 9.17) is 5.73 Å². The van der Waals surface area contributed by atoms with Gasteiger partial charge >= 0.3 is 0 Å². The molecule has 2 rings (SSSR count). The average Bonchev–Trinajstić information content (AvgIpc) is 2.55. The quantitative estimate of drug-likeness (QED) is 0.819. The van der Waals surface area contributed by atoms with Crippen LogP contribution in [0.5, 0.6) is 0 Å². The number of rotatable bonds is 3. The fraction of sp³-hybridized carbons (Fsp3) is 0.786. The third-order valence-electron chi connectivity index (χ3n) is 3.90. The van der Waals surface area contributed by atoms with E-state index in [0.29, 0.717) is 0 Å². The molecule has 2 N–H and O–H groups in total. The second-order valence-electron chi connectivity index (χ2n) is 5.54. The summed E-state index contributed by atoms with van der Waals surface area (Å²) in [5.41, 5.74) is 8.76. The largest absolute Gasteiger partial charge is 0.328 e. The number of hydrogen-bond acceptors (Lipinski definition) is 2. The number of hydrogen-bond donors (Lipinski definition) is 1. The molecular formula is C14H25N3. The van der Waals surface area contributed by atoms with Crippen LogP contribution in [-0.2, 0) is 13.5 Å².